The summed E-state index contributed by atoms with van der Waals surface area (Å²) in [5, 5.41) is 3.56. The van der Waals surface area contributed by atoms with Crippen LogP contribution in [0.25, 0.3) is 10.9 Å². The standard InChI is InChI=1S/C20H21FN4O/c1-4-25(5-2)19-9-8-16(12-22-19)24-20(26)17-10-14-6-7-15(21)11-18(14)23-13(17)3/h6-12H,4-5H2,1-3H3,(H,24,26). The Bertz CT molecular complexity index is 936. The minimum Gasteiger partial charge on any atom is -0.357 e. The molecule has 2 heterocycles. The molecule has 1 aromatic carbocycles. The van der Waals surface area contributed by atoms with Crippen molar-refractivity contribution >= 4 is 28.3 Å². The van der Waals surface area contributed by atoms with Crippen molar-refractivity contribution in [3.63, 3.8) is 0 Å². The van der Waals surface area contributed by atoms with E-state index in [4.69, 9.17) is 0 Å². The molecular weight excluding hydrogens is 331 g/mol. The fourth-order valence-corrected chi connectivity index (χ4v) is 2.86. The summed E-state index contributed by atoms with van der Waals surface area (Å²) in [6.45, 7) is 7.63. The van der Waals surface area contributed by atoms with Crippen molar-refractivity contribution in [3.05, 3.63) is 59.7 Å². The lowest BCUT2D eigenvalue weighted by Gasteiger charge is -2.19. The van der Waals surface area contributed by atoms with Gasteiger partial charge in [0, 0.05) is 24.5 Å². The Labute approximate surface area is 151 Å². The van der Waals surface area contributed by atoms with Gasteiger partial charge in [0.25, 0.3) is 5.91 Å². The van der Waals surface area contributed by atoms with E-state index in [1.54, 1.807) is 25.3 Å². The molecule has 0 bridgehead atoms. The van der Waals surface area contributed by atoms with Gasteiger partial charge >= 0.3 is 0 Å². The highest BCUT2D eigenvalue weighted by atomic mass is 19.1. The quantitative estimate of drug-likeness (QED) is 0.748. The van der Waals surface area contributed by atoms with Gasteiger partial charge in [-0.1, -0.05) is 0 Å². The number of aromatic nitrogens is 2. The third-order valence-corrected chi connectivity index (χ3v) is 4.31. The van der Waals surface area contributed by atoms with E-state index in [9.17, 15) is 9.18 Å². The molecule has 1 amide bonds. The summed E-state index contributed by atoms with van der Waals surface area (Å²) in [5.41, 5.74) is 2.15. The molecule has 0 aliphatic rings. The van der Waals surface area contributed by atoms with Gasteiger partial charge in [0.1, 0.15) is 11.6 Å². The highest BCUT2D eigenvalue weighted by molar-refractivity contribution is 6.06. The maximum Gasteiger partial charge on any atom is 0.257 e. The summed E-state index contributed by atoms with van der Waals surface area (Å²) in [6.07, 6.45) is 1.64. The number of carbonyl (C=O) groups excluding carboxylic acids is 1. The number of fused-ring (bicyclic) bond motifs is 1. The predicted octanol–water partition coefficient (Wildman–Crippen LogP) is 4.18. The third-order valence-electron chi connectivity index (χ3n) is 4.31. The number of hydrogen-bond acceptors (Lipinski definition) is 4. The van der Waals surface area contributed by atoms with Gasteiger partial charge in [0.05, 0.1) is 28.7 Å². The molecule has 0 saturated carbocycles. The van der Waals surface area contributed by atoms with Crippen LogP contribution in [0.1, 0.15) is 29.9 Å². The molecule has 0 spiro atoms. The highest BCUT2D eigenvalue weighted by Crippen LogP contribution is 2.20. The van der Waals surface area contributed by atoms with Crippen molar-refractivity contribution in [3.8, 4) is 0 Å². The van der Waals surface area contributed by atoms with Crippen LogP contribution in [0.2, 0.25) is 0 Å². The van der Waals surface area contributed by atoms with E-state index in [0.717, 1.165) is 24.3 Å². The predicted molar refractivity (Wildman–Crippen MR) is 102 cm³/mol. The van der Waals surface area contributed by atoms with Crippen LogP contribution < -0.4 is 10.2 Å². The zero-order chi connectivity index (χ0) is 18.7. The van der Waals surface area contributed by atoms with Crippen LogP contribution in [0.4, 0.5) is 15.9 Å². The lowest BCUT2D eigenvalue weighted by atomic mass is 10.1. The van der Waals surface area contributed by atoms with Crippen LogP contribution in [0, 0.1) is 12.7 Å². The first-order valence-corrected chi connectivity index (χ1v) is 8.61. The van der Waals surface area contributed by atoms with E-state index >= 15 is 0 Å². The number of rotatable bonds is 5. The fraction of sp³-hybridized carbons (Fsp3) is 0.250. The first-order chi connectivity index (χ1) is 12.5. The van der Waals surface area contributed by atoms with Gasteiger partial charge in [-0.25, -0.2) is 9.37 Å². The molecule has 1 N–H and O–H groups in total. The van der Waals surface area contributed by atoms with Gasteiger partial charge in [-0.2, -0.15) is 0 Å². The zero-order valence-corrected chi connectivity index (χ0v) is 15.1. The molecule has 0 fully saturated rings. The summed E-state index contributed by atoms with van der Waals surface area (Å²) in [7, 11) is 0. The van der Waals surface area contributed by atoms with E-state index in [1.165, 1.54) is 12.1 Å². The van der Waals surface area contributed by atoms with Crippen LogP contribution >= 0.6 is 0 Å². The molecule has 2 aromatic heterocycles. The molecule has 134 valence electrons. The summed E-state index contributed by atoms with van der Waals surface area (Å²) in [4.78, 5) is 23.5. The molecule has 0 atom stereocenters. The number of nitrogens with zero attached hydrogens (tertiary/aromatic N) is 3. The first kappa shape index (κ1) is 17.8. The Morgan fingerprint density at radius 1 is 1.15 bits per heavy atom. The van der Waals surface area contributed by atoms with Gasteiger partial charge in [-0.15, -0.1) is 0 Å². The Balaban J connectivity index is 1.82. The molecule has 0 saturated heterocycles. The Morgan fingerprint density at radius 3 is 2.58 bits per heavy atom. The van der Waals surface area contributed by atoms with Crippen LogP contribution in [0.3, 0.4) is 0 Å². The number of pyridine rings is 2. The van der Waals surface area contributed by atoms with Crippen molar-refractivity contribution in [2.24, 2.45) is 0 Å². The van der Waals surface area contributed by atoms with Crippen LogP contribution in [0.5, 0.6) is 0 Å². The van der Waals surface area contributed by atoms with Crippen molar-refractivity contribution in [1.29, 1.82) is 0 Å². The molecule has 0 aliphatic heterocycles. The normalized spacial score (nSPS) is 10.8. The maximum absolute atomic E-state index is 13.3. The van der Waals surface area contributed by atoms with Gasteiger partial charge in [0.15, 0.2) is 0 Å². The van der Waals surface area contributed by atoms with E-state index in [-0.39, 0.29) is 11.7 Å². The SMILES string of the molecule is CCN(CC)c1ccc(NC(=O)c2cc3ccc(F)cc3nc2C)cn1. The van der Waals surface area contributed by atoms with Crippen molar-refractivity contribution in [2.45, 2.75) is 20.8 Å². The van der Waals surface area contributed by atoms with Gasteiger partial charge in [-0.05, 0) is 51.1 Å². The highest BCUT2D eigenvalue weighted by Gasteiger charge is 2.13. The van der Waals surface area contributed by atoms with Crippen LogP contribution in [-0.4, -0.2) is 29.0 Å². The molecule has 3 aromatic rings. The van der Waals surface area contributed by atoms with E-state index < -0.39 is 0 Å². The molecule has 0 unspecified atom stereocenters. The number of halogens is 1. The second kappa shape index (κ2) is 7.47. The Kier molecular flexibility index (Phi) is 5.11. The van der Waals surface area contributed by atoms with E-state index in [2.05, 4.69) is 34.0 Å². The Morgan fingerprint density at radius 2 is 1.92 bits per heavy atom. The minimum absolute atomic E-state index is 0.265. The van der Waals surface area contributed by atoms with Gasteiger partial charge < -0.3 is 10.2 Å². The van der Waals surface area contributed by atoms with E-state index in [1.807, 2.05) is 12.1 Å². The largest absolute Gasteiger partial charge is 0.357 e. The Hall–Kier alpha value is -3.02. The van der Waals surface area contributed by atoms with Crippen molar-refractivity contribution < 1.29 is 9.18 Å². The lowest BCUT2D eigenvalue weighted by Crippen LogP contribution is -2.23. The number of aryl methyl sites for hydroxylation is 1. The van der Waals surface area contributed by atoms with E-state index in [0.29, 0.717) is 22.5 Å². The maximum atomic E-state index is 13.3. The topological polar surface area (TPSA) is 58.1 Å². The third kappa shape index (κ3) is 3.64. The number of nitrogens with one attached hydrogen (secondary N) is 1. The fourth-order valence-electron chi connectivity index (χ4n) is 2.86. The molecular formula is C20H21FN4O. The molecule has 0 aliphatic carbocycles. The summed E-state index contributed by atoms with van der Waals surface area (Å²) >= 11 is 0. The lowest BCUT2D eigenvalue weighted by molar-refractivity contribution is 0.102. The smallest absolute Gasteiger partial charge is 0.257 e. The molecule has 26 heavy (non-hydrogen) atoms. The zero-order valence-electron chi connectivity index (χ0n) is 15.1. The second-order valence-electron chi connectivity index (χ2n) is 5.99. The van der Waals surface area contributed by atoms with Crippen LogP contribution in [0.15, 0.2) is 42.6 Å². The molecule has 3 rings (SSSR count). The molecule has 6 heteroatoms. The second-order valence-corrected chi connectivity index (χ2v) is 5.99. The van der Waals surface area contributed by atoms with Crippen molar-refractivity contribution in [1.82, 2.24) is 9.97 Å². The number of anilines is 2. The van der Waals surface area contributed by atoms with Crippen LogP contribution in [-0.2, 0) is 0 Å². The van der Waals surface area contributed by atoms with Crippen molar-refractivity contribution in [2.75, 3.05) is 23.3 Å². The minimum atomic E-state index is -0.346. The van der Waals surface area contributed by atoms with Gasteiger partial charge in [0.2, 0.25) is 0 Å². The first-order valence-electron chi connectivity index (χ1n) is 8.61. The van der Waals surface area contributed by atoms with Gasteiger partial charge in [-0.3, -0.25) is 9.78 Å². The summed E-state index contributed by atoms with van der Waals surface area (Å²) in [6, 6.07) is 9.78. The molecule has 0 radical (unpaired) electrons. The monoisotopic (exact) mass is 352 g/mol. The number of benzene rings is 1. The summed E-state index contributed by atoms with van der Waals surface area (Å²) in [5.74, 6) is 0.262. The number of carbonyl (C=O) groups is 1. The molecule has 5 nitrogen and oxygen atoms in total. The summed E-state index contributed by atoms with van der Waals surface area (Å²) < 4.78 is 13.3. The number of amides is 1. The number of hydrogen-bond donors (Lipinski definition) is 1. The average molecular weight is 352 g/mol. The average Bonchev–Trinajstić information content (AvgIpc) is 2.63.